The molecule has 29 heavy (non-hydrogen) atoms. The zero-order valence-electron chi connectivity index (χ0n) is 18.4. The fraction of sp³-hybridized carbons (Fsp3) is 0.760. The van der Waals surface area contributed by atoms with Gasteiger partial charge in [-0.05, 0) is 81.3 Å². The molecule has 0 heterocycles. The fourth-order valence-corrected chi connectivity index (χ4v) is 6.39. The van der Waals surface area contributed by atoms with Gasteiger partial charge in [-0.25, -0.2) is 0 Å². The zero-order valence-corrected chi connectivity index (χ0v) is 19.3. The first-order valence-corrected chi connectivity index (χ1v) is 13.3. The highest BCUT2D eigenvalue weighted by Crippen LogP contribution is 2.42. The molecule has 2 aliphatic rings. The van der Waals surface area contributed by atoms with Gasteiger partial charge in [0.2, 0.25) is 0 Å². The number of unbranched alkanes of at least 4 members (excludes halogenated alkanes) is 2. The van der Waals surface area contributed by atoms with Crippen LogP contribution in [0.1, 0.15) is 89.5 Å². The molecule has 0 radical (unpaired) electrons. The lowest BCUT2D eigenvalue weighted by Crippen LogP contribution is -2.27. The zero-order chi connectivity index (χ0) is 20.7. The van der Waals surface area contributed by atoms with Gasteiger partial charge in [-0.3, -0.25) is 4.18 Å². The van der Waals surface area contributed by atoms with Gasteiger partial charge in [0.05, 0.1) is 11.5 Å². The third kappa shape index (κ3) is 6.82. The second-order valence-electron chi connectivity index (χ2n) is 9.61. The lowest BCUT2D eigenvalue weighted by atomic mass is 9.69. The molecule has 0 amide bonds. The van der Waals surface area contributed by atoms with E-state index in [1.54, 1.807) is 12.1 Å². The number of benzene rings is 1. The van der Waals surface area contributed by atoms with Gasteiger partial charge >= 0.3 is 0 Å². The highest BCUT2D eigenvalue weighted by molar-refractivity contribution is 7.86. The Hall–Kier alpha value is -0.870. The Morgan fingerprint density at radius 2 is 1.38 bits per heavy atom. The summed E-state index contributed by atoms with van der Waals surface area (Å²) in [5.74, 6) is 3.14. The van der Waals surface area contributed by atoms with Crippen molar-refractivity contribution in [3.63, 3.8) is 0 Å². The van der Waals surface area contributed by atoms with Crippen LogP contribution in [-0.4, -0.2) is 15.0 Å². The number of aryl methyl sites for hydroxylation is 1. The number of hydrogen-bond donors (Lipinski definition) is 0. The predicted octanol–water partition coefficient (Wildman–Crippen LogP) is 6.89. The van der Waals surface area contributed by atoms with E-state index in [2.05, 4.69) is 6.92 Å². The van der Waals surface area contributed by atoms with Crippen LogP contribution in [0.25, 0.3) is 0 Å². The van der Waals surface area contributed by atoms with Gasteiger partial charge in [-0.2, -0.15) is 8.42 Å². The van der Waals surface area contributed by atoms with E-state index in [-0.39, 0.29) is 4.90 Å². The third-order valence-corrected chi connectivity index (χ3v) is 8.73. The standard InChI is InChI=1S/C25H40O3S/c1-3-4-5-6-21-9-13-23(14-10-21)24-15-11-22(12-16-24)19-28-29(26,27)25-17-7-20(2)8-18-25/h7-8,17-18,21-24H,3-6,9-16,19H2,1-2H3/t21-,22-,23-,24-. The van der Waals surface area contributed by atoms with Crippen LogP contribution in [-0.2, 0) is 14.3 Å². The quantitative estimate of drug-likeness (QED) is 0.322. The molecule has 3 nitrogen and oxygen atoms in total. The Kier molecular flexibility index (Phi) is 8.61. The van der Waals surface area contributed by atoms with Gasteiger partial charge in [0.15, 0.2) is 0 Å². The minimum atomic E-state index is -3.63. The second kappa shape index (κ2) is 10.9. The molecule has 1 aromatic rings. The summed E-state index contributed by atoms with van der Waals surface area (Å²) in [5, 5.41) is 0. The molecule has 0 aliphatic heterocycles. The lowest BCUT2D eigenvalue weighted by Gasteiger charge is -2.37. The average molecular weight is 421 g/mol. The van der Waals surface area contributed by atoms with E-state index >= 15 is 0 Å². The molecule has 2 fully saturated rings. The van der Waals surface area contributed by atoms with E-state index < -0.39 is 10.1 Å². The van der Waals surface area contributed by atoms with Crippen LogP contribution in [0, 0.1) is 30.6 Å². The molecule has 3 rings (SSSR count). The van der Waals surface area contributed by atoms with Crippen LogP contribution < -0.4 is 0 Å². The summed E-state index contributed by atoms with van der Waals surface area (Å²) in [7, 11) is -3.63. The van der Waals surface area contributed by atoms with Crippen LogP contribution in [0.3, 0.4) is 0 Å². The van der Waals surface area contributed by atoms with Crippen LogP contribution in [0.4, 0.5) is 0 Å². The molecule has 0 N–H and O–H groups in total. The van der Waals surface area contributed by atoms with Gasteiger partial charge in [0.25, 0.3) is 10.1 Å². The number of hydrogen-bond acceptors (Lipinski definition) is 3. The Morgan fingerprint density at radius 3 is 1.93 bits per heavy atom. The Morgan fingerprint density at radius 1 is 0.828 bits per heavy atom. The van der Waals surface area contributed by atoms with Crippen LogP contribution in [0.5, 0.6) is 0 Å². The molecule has 0 aromatic heterocycles. The summed E-state index contributed by atoms with van der Waals surface area (Å²) in [5.41, 5.74) is 1.05. The maximum atomic E-state index is 12.4. The second-order valence-corrected chi connectivity index (χ2v) is 11.2. The summed E-state index contributed by atoms with van der Waals surface area (Å²) in [6.45, 7) is 4.58. The summed E-state index contributed by atoms with van der Waals surface area (Å²) >= 11 is 0. The van der Waals surface area contributed by atoms with Gasteiger partial charge in [0, 0.05) is 0 Å². The van der Waals surface area contributed by atoms with Crippen LogP contribution >= 0.6 is 0 Å². The number of rotatable bonds is 9. The largest absolute Gasteiger partial charge is 0.296 e. The SMILES string of the molecule is CCCCC[C@H]1CC[C@H]([C@H]2CC[C@H](COS(=O)(=O)c3ccc(C)cc3)CC2)CC1. The predicted molar refractivity (Wildman–Crippen MR) is 119 cm³/mol. The molecule has 0 atom stereocenters. The molecular formula is C25H40O3S. The van der Waals surface area contributed by atoms with Gasteiger partial charge < -0.3 is 0 Å². The smallest absolute Gasteiger partial charge is 0.266 e. The minimum absolute atomic E-state index is 0.271. The van der Waals surface area contributed by atoms with E-state index in [9.17, 15) is 8.42 Å². The topological polar surface area (TPSA) is 43.4 Å². The van der Waals surface area contributed by atoms with Crippen molar-refractivity contribution < 1.29 is 12.6 Å². The Balaban J connectivity index is 1.37. The third-order valence-electron chi connectivity index (χ3n) is 7.43. The van der Waals surface area contributed by atoms with Crippen LogP contribution in [0.15, 0.2) is 29.2 Å². The maximum Gasteiger partial charge on any atom is 0.296 e. The van der Waals surface area contributed by atoms with E-state index in [1.165, 1.54) is 64.2 Å². The lowest BCUT2D eigenvalue weighted by molar-refractivity contribution is 0.123. The molecule has 2 aliphatic carbocycles. The molecule has 0 bridgehead atoms. The minimum Gasteiger partial charge on any atom is -0.266 e. The van der Waals surface area contributed by atoms with Crippen molar-refractivity contribution in [1.82, 2.24) is 0 Å². The van der Waals surface area contributed by atoms with Crippen LogP contribution in [0.2, 0.25) is 0 Å². The molecular weight excluding hydrogens is 380 g/mol. The van der Waals surface area contributed by atoms with Crippen molar-refractivity contribution in [2.24, 2.45) is 23.7 Å². The molecule has 0 saturated heterocycles. The normalized spacial score (nSPS) is 28.3. The van der Waals surface area contributed by atoms with Crippen molar-refractivity contribution in [2.45, 2.75) is 95.8 Å². The summed E-state index contributed by atoms with van der Waals surface area (Å²) in [4.78, 5) is 0.271. The molecule has 0 spiro atoms. The highest BCUT2D eigenvalue weighted by atomic mass is 32.2. The van der Waals surface area contributed by atoms with E-state index in [4.69, 9.17) is 4.18 Å². The fourth-order valence-electron chi connectivity index (χ4n) is 5.42. The molecule has 0 unspecified atom stereocenters. The monoisotopic (exact) mass is 420 g/mol. The molecule has 164 valence electrons. The first kappa shape index (κ1) is 22.8. The van der Waals surface area contributed by atoms with E-state index in [0.29, 0.717) is 12.5 Å². The Labute approximate surface area is 178 Å². The van der Waals surface area contributed by atoms with Crippen molar-refractivity contribution in [3.8, 4) is 0 Å². The molecule has 4 heteroatoms. The van der Waals surface area contributed by atoms with Gasteiger partial charge in [0.1, 0.15) is 0 Å². The summed E-state index contributed by atoms with van der Waals surface area (Å²) in [6.07, 6.45) is 16.0. The summed E-state index contributed by atoms with van der Waals surface area (Å²) in [6, 6.07) is 6.92. The van der Waals surface area contributed by atoms with Gasteiger partial charge in [-0.15, -0.1) is 0 Å². The van der Waals surface area contributed by atoms with E-state index in [0.717, 1.165) is 36.2 Å². The Bertz CT molecular complexity index is 694. The maximum absolute atomic E-state index is 12.4. The highest BCUT2D eigenvalue weighted by Gasteiger charge is 2.31. The first-order valence-electron chi connectivity index (χ1n) is 11.9. The van der Waals surface area contributed by atoms with E-state index in [1.807, 2.05) is 19.1 Å². The summed E-state index contributed by atoms with van der Waals surface area (Å²) < 4.78 is 30.2. The van der Waals surface area contributed by atoms with Crippen molar-refractivity contribution >= 4 is 10.1 Å². The molecule has 2 saturated carbocycles. The first-order chi connectivity index (χ1) is 14.0. The molecule has 1 aromatic carbocycles. The van der Waals surface area contributed by atoms with Crippen molar-refractivity contribution in [1.29, 1.82) is 0 Å². The van der Waals surface area contributed by atoms with Gasteiger partial charge in [-0.1, -0.05) is 63.1 Å². The average Bonchev–Trinajstić information content (AvgIpc) is 2.74. The van der Waals surface area contributed by atoms with Crippen molar-refractivity contribution in [2.75, 3.05) is 6.61 Å². The van der Waals surface area contributed by atoms with Crippen molar-refractivity contribution in [3.05, 3.63) is 29.8 Å².